The van der Waals surface area contributed by atoms with Crippen LogP contribution in [0.25, 0.3) is 10.8 Å². The Hall–Kier alpha value is -2.89. The van der Waals surface area contributed by atoms with Gasteiger partial charge in [0.15, 0.2) is 0 Å². The molecule has 6 nitrogen and oxygen atoms in total. The van der Waals surface area contributed by atoms with Crippen LogP contribution < -0.4 is 0 Å². The Kier molecular flexibility index (Phi) is 5.68. The molecule has 0 saturated heterocycles. The molecular weight excluding hydrogens is 296 g/mol. The molecule has 0 atom stereocenters. The van der Waals surface area contributed by atoms with Gasteiger partial charge in [-0.1, -0.05) is 46.7 Å². The average Bonchev–Trinajstić information content (AvgIpc) is 2.60. The molecule has 0 saturated carbocycles. The van der Waals surface area contributed by atoms with E-state index in [4.69, 9.17) is 0 Å². The van der Waals surface area contributed by atoms with Gasteiger partial charge in [0.25, 0.3) is 0 Å². The summed E-state index contributed by atoms with van der Waals surface area (Å²) in [6.07, 6.45) is 0.919. The van der Waals surface area contributed by atoms with Crippen molar-refractivity contribution in [1.82, 2.24) is 0 Å². The molecule has 0 unspecified atom stereocenters. The molecule has 6 heteroatoms. The molecule has 0 aromatic heterocycles. The number of oxime groups is 2. The Labute approximate surface area is 133 Å². The van der Waals surface area contributed by atoms with Crippen molar-refractivity contribution in [2.45, 2.75) is 19.3 Å². The normalized spacial score (nSPS) is 12.4. The summed E-state index contributed by atoms with van der Waals surface area (Å²) in [5.74, 6) is -0.338. The number of esters is 1. The molecule has 0 aliphatic heterocycles. The minimum atomic E-state index is -0.338. The highest BCUT2D eigenvalue weighted by atomic mass is 16.5. The first-order chi connectivity index (χ1) is 11.2. The van der Waals surface area contributed by atoms with E-state index in [2.05, 4.69) is 15.0 Å². The predicted octanol–water partition coefficient (Wildman–Crippen LogP) is 3.19. The van der Waals surface area contributed by atoms with Crippen LogP contribution >= 0.6 is 0 Å². The highest BCUT2D eigenvalue weighted by Gasteiger charge is 2.15. The molecule has 0 heterocycles. The molecule has 2 N–H and O–H groups in total. The third kappa shape index (κ3) is 4.06. The molecule has 120 valence electrons. The predicted molar refractivity (Wildman–Crippen MR) is 87.4 cm³/mol. The van der Waals surface area contributed by atoms with Crippen molar-refractivity contribution in [2.75, 3.05) is 7.11 Å². The van der Waals surface area contributed by atoms with E-state index in [-0.39, 0.29) is 30.2 Å². The number of benzene rings is 2. The summed E-state index contributed by atoms with van der Waals surface area (Å²) >= 11 is 0. The van der Waals surface area contributed by atoms with Gasteiger partial charge in [-0.05, 0) is 29.7 Å². The van der Waals surface area contributed by atoms with Crippen molar-refractivity contribution < 1.29 is 19.9 Å². The summed E-state index contributed by atoms with van der Waals surface area (Å²) in [7, 11) is 1.32. The monoisotopic (exact) mass is 314 g/mol. The van der Waals surface area contributed by atoms with E-state index in [1.165, 1.54) is 7.11 Å². The minimum absolute atomic E-state index is 0.183. The highest BCUT2D eigenvalue weighted by Crippen LogP contribution is 2.17. The van der Waals surface area contributed by atoms with Gasteiger partial charge in [-0.15, -0.1) is 0 Å². The second-order valence-corrected chi connectivity index (χ2v) is 4.99. The number of hydrogen-bond donors (Lipinski definition) is 2. The van der Waals surface area contributed by atoms with Crippen LogP contribution in [0.3, 0.4) is 0 Å². The lowest BCUT2D eigenvalue weighted by Gasteiger charge is -2.08. The molecule has 2 aromatic rings. The van der Waals surface area contributed by atoms with Gasteiger partial charge in [-0.3, -0.25) is 4.79 Å². The van der Waals surface area contributed by atoms with E-state index >= 15 is 0 Å². The van der Waals surface area contributed by atoms with Gasteiger partial charge in [0.05, 0.1) is 7.11 Å². The van der Waals surface area contributed by atoms with Gasteiger partial charge in [-0.25, -0.2) is 0 Å². The van der Waals surface area contributed by atoms with Gasteiger partial charge in [0, 0.05) is 12.0 Å². The fourth-order valence-electron chi connectivity index (χ4n) is 2.34. The van der Waals surface area contributed by atoms with E-state index in [1.807, 2.05) is 36.4 Å². The van der Waals surface area contributed by atoms with Crippen molar-refractivity contribution >= 4 is 28.2 Å². The summed E-state index contributed by atoms with van der Waals surface area (Å²) in [6, 6.07) is 13.3. The largest absolute Gasteiger partial charge is 0.469 e. The van der Waals surface area contributed by atoms with E-state index in [9.17, 15) is 15.2 Å². The summed E-state index contributed by atoms with van der Waals surface area (Å²) in [4.78, 5) is 11.1. The summed E-state index contributed by atoms with van der Waals surface area (Å²) in [5.41, 5.74) is 1.03. The Morgan fingerprint density at radius 1 is 1.04 bits per heavy atom. The molecular formula is C17H18N2O4. The van der Waals surface area contributed by atoms with Crippen LogP contribution in [0.1, 0.15) is 24.8 Å². The smallest absolute Gasteiger partial charge is 0.305 e. The maximum atomic E-state index is 11.1. The second-order valence-electron chi connectivity index (χ2n) is 4.99. The molecule has 2 rings (SSSR count). The number of ether oxygens (including phenoxy) is 1. The minimum Gasteiger partial charge on any atom is -0.469 e. The van der Waals surface area contributed by atoms with Gasteiger partial charge < -0.3 is 15.2 Å². The van der Waals surface area contributed by atoms with Gasteiger partial charge in [-0.2, -0.15) is 0 Å². The van der Waals surface area contributed by atoms with Crippen LogP contribution in [0, 0.1) is 0 Å². The van der Waals surface area contributed by atoms with Gasteiger partial charge >= 0.3 is 5.97 Å². The number of nitrogens with zero attached hydrogens (tertiary/aromatic N) is 2. The second kappa shape index (κ2) is 7.93. The number of rotatable bonds is 6. The first kappa shape index (κ1) is 16.5. The van der Waals surface area contributed by atoms with Crippen molar-refractivity contribution in [3.8, 4) is 0 Å². The van der Waals surface area contributed by atoms with Crippen LogP contribution in [0.4, 0.5) is 0 Å². The maximum Gasteiger partial charge on any atom is 0.305 e. The number of carbonyl (C=O) groups excluding carboxylic acids is 1. The highest BCUT2D eigenvalue weighted by molar-refractivity contribution is 6.48. The molecule has 23 heavy (non-hydrogen) atoms. The van der Waals surface area contributed by atoms with Crippen molar-refractivity contribution in [3.05, 3.63) is 48.0 Å². The van der Waals surface area contributed by atoms with Gasteiger partial charge in [0.1, 0.15) is 11.4 Å². The zero-order valence-corrected chi connectivity index (χ0v) is 12.8. The molecule has 0 fully saturated rings. The van der Waals surface area contributed by atoms with Crippen LogP contribution in [0.5, 0.6) is 0 Å². The molecule has 0 radical (unpaired) electrons. The summed E-state index contributed by atoms with van der Waals surface area (Å²) in [6.45, 7) is 0. The van der Waals surface area contributed by atoms with E-state index in [1.54, 1.807) is 6.07 Å². The zero-order chi connectivity index (χ0) is 16.7. The third-order valence-electron chi connectivity index (χ3n) is 3.54. The molecule has 0 aliphatic rings. The Morgan fingerprint density at radius 3 is 2.43 bits per heavy atom. The molecule has 0 spiro atoms. The first-order valence-corrected chi connectivity index (χ1v) is 7.19. The Balaban J connectivity index is 2.20. The van der Waals surface area contributed by atoms with Crippen LogP contribution in [0.15, 0.2) is 52.8 Å². The van der Waals surface area contributed by atoms with E-state index < -0.39 is 0 Å². The van der Waals surface area contributed by atoms with Crippen LogP contribution in [-0.4, -0.2) is 34.9 Å². The fourth-order valence-corrected chi connectivity index (χ4v) is 2.34. The summed E-state index contributed by atoms with van der Waals surface area (Å²) < 4.78 is 4.56. The van der Waals surface area contributed by atoms with Gasteiger partial charge in [0.2, 0.25) is 0 Å². The lowest BCUT2D eigenvalue weighted by atomic mass is 9.99. The number of carbonyl (C=O) groups is 1. The van der Waals surface area contributed by atoms with Crippen molar-refractivity contribution in [3.63, 3.8) is 0 Å². The topological polar surface area (TPSA) is 91.5 Å². The van der Waals surface area contributed by atoms with Crippen molar-refractivity contribution in [2.24, 2.45) is 10.3 Å². The standard InChI is InChI=1S/C17H18N2O4/c1-23-16(20)8-4-7-15(18-21)17(19-22)14-10-9-12-5-2-3-6-13(12)11-14/h2-3,5-6,9-11,21-22H,4,7-8H2,1H3. The Bertz CT molecular complexity index is 753. The average molecular weight is 314 g/mol. The van der Waals surface area contributed by atoms with Crippen molar-refractivity contribution in [1.29, 1.82) is 0 Å². The van der Waals surface area contributed by atoms with E-state index in [0.29, 0.717) is 12.0 Å². The quantitative estimate of drug-likeness (QED) is 0.371. The number of methoxy groups -OCH3 is 1. The maximum absolute atomic E-state index is 11.1. The van der Waals surface area contributed by atoms with E-state index in [0.717, 1.165) is 10.8 Å². The lowest BCUT2D eigenvalue weighted by molar-refractivity contribution is -0.140. The van der Waals surface area contributed by atoms with Crippen LogP contribution in [-0.2, 0) is 9.53 Å². The first-order valence-electron chi connectivity index (χ1n) is 7.19. The number of fused-ring (bicyclic) bond motifs is 1. The fraction of sp³-hybridized carbons (Fsp3) is 0.235. The zero-order valence-electron chi connectivity index (χ0n) is 12.8. The molecule has 0 amide bonds. The summed E-state index contributed by atoms with van der Waals surface area (Å²) in [5, 5.41) is 27.0. The molecule has 0 aliphatic carbocycles. The lowest BCUT2D eigenvalue weighted by Crippen LogP contribution is -2.16. The Morgan fingerprint density at radius 2 is 1.78 bits per heavy atom. The molecule has 0 bridgehead atoms. The molecule has 2 aromatic carbocycles. The SMILES string of the molecule is COC(=O)CCCC(=NO)C(=NO)c1ccc2ccccc2c1. The third-order valence-corrected chi connectivity index (χ3v) is 3.54. The number of hydrogen-bond acceptors (Lipinski definition) is 6. The van der Waals surface area contributed by atoms with Crippen LogP contribution in [0.2, 0.25) is 0 Å².